The van der Waals surface area contributed by atoms with E-state index in [-0.39, 0.29) is 11.7 Å². The van der Waals surface area contributed by atoms with Gasteiger partial charge in [-0.15, -0.1) is 5.10 Å². The molecule has 3 rings (SSSR count). The molecule has 7 nitrogen and oxygen atoms in total. The maximum absolute atomic E-state index is 12.9. The molecule has 0 aliphatic heterocycles. The normalized spacial score (nSPS) is 10.4. The van der Waals surface area contributed by atoms with Crippen LogP contribution in [0.25, 0.3) is 11.1 Å². The number of nitrogen functional groups attached to an aromatic ring is 1. The maximum Gasteiger partial charge on any atom is 0.278 e. The van der Waals surface area contributed by atoms with Crippen LogP contribution < -0.4 is 19.9 Å². The number of nitrogens with zero attached hydrogens (tertiary/aromatic N) is 2. The molecule has 1 aromatic heterocycles. The molecular weight excluding hydrogens is 334 g/mol. The standard InChI is InChI=1S/C19H19N3O4/c1-24-15-9-13(10-16(25-2)17(15)26-3)19(23)22-11-14(18(20)21-22)12-7-5-4-6-8-12/h4-11H,1-3H3,(H2,20,21). The van der Waals surface area contributed by atoms with Crippen LogP contribution in [0.15, 0.2) is 48.7 Å². The Morgan fingerprint density at radius 1 is 1.00 bits per heavy atom. The molecule has 0 bridgehead atoms. The molecule has 0 spiro atoms. The lowest BCUT2D eigenvalue weighted by atomic mass is 10.1. The van der Waals surface area contributed by atoms with Crippen LogP contribution in [0, 0.1) is 0 Å². The lowest BCUT2D eigenvalue weighted by Crippen LogP contribution is -2.13. The highest BCUT2D eigenvalue weighted by molar-refractivity contribution is 5.97. The molecule has 3 aromatic rings. The van der Waals surface area contributed by atoms with Crippen LogP contribution in [0.3, 0.4) is 0 Å². The Kier molecular flexibility index (Phi) is 4.79. The highest BCUT2D eigenvalue weighted by Crippen LogP contribution is 2.38. The molecule has 0 amide bonds. The van der Waals surface area contributed by atoms with Crippen molar-refractivity contribution >= 4 is 11.7 Å². The van der Waals surface area contributed by atoms with Crippen LogP contribution in [0.1, 0.15) is 10.4 Å². The molecular formula is C19H19N3O4. The fourth-order valence-electron chi connectivity index (χ4n) is 2.67. The van der Waals surface area contributed by atoms with Gasteiger partial charge in [-0.05, 0) is 17.7 Å². The number of hydrogen-bond acceptors (Lipinski definition) is 6. The Hall–Kier alpha value is -3.48. The van der Waals surface area contributed by atoms with E-state index in [9.17, 15) is 4.79 Å². The van der Waals surface area contributed by atoms with Gasteiger partial charge in [0.25, 0.3) is 5.91 Å². The lowest BCUT2D eigenvalue weighted by Gasteiger charge is -2.13. The van der Waals surface area contributed by atoms with Crippen molar-refractivity contribution in [3.63, 3.8) is 0 Å². The van der Waals surface area contributed by atoms with Crippen molar-refractivity contribution in [2.75, 3.05) is 27.1 Å². The van der Waals surface area contributed by atoms with Gasteiger partial charge >= 0.3 is 0 Å². The van der Waals surface area contributed by atoms with E-state index >= 15 is 0 Å². The van der Waals surface area contributed by atoms with Crippen LogP contribution in [-0.4, -0.2) is 37.0 Å². The number of ether oxygens (including phenoxy) is 3. The second-order valence-corrected chi connectivity index (χ2v) is 5.46. The molecule has 134 valence electrons. The van der Waals surface area contributed by atoms with Crippen molar-refractivity contribution in [2.45, 2.75) is 0 Å². The first-order valence-corrected chi connectivity index (χ1v) is 7.84. The third kappa shape index (κ3) is 3.06. The molecule has 0 aliphatic rings. The lowest BCUT2D eigenvalue weighted by molar-refractivity contribution is 0.0944. The predicted molar refractivity (Wildman–Crippen MR) is 97.9 cm³/mol. The third-order valence-electron chi connectivity index (χ3n) is 3.95. The van der Waals surface area contributed by atoms with Gasteiger partial charge in [0.15, 0.2) is 17.3 Å². The monoisotopic (exact) mass is 353 g/mol. The molecule has 0 atom stereocenters. The number of aromatic nitrogens is 2. The van der Waals surface area contributed by atoms with E-state index < -0.39 is 0 Å². The summed E-state index contributed by atoms with van der Waals surface area (Å²) in [5.74, 6) is 1.10. The topological polar surface area (TPSA) is 88.6 Å². The van der Waals surface area contributed by atoms with Gasteiger partial charge in [0.1, 0.15) is 0 Å². The number of benzene rings is 2. The fraction of sp³-hybridized carbons (Fsp3) is 0.158. The van der Waals surface area contributed by atoms with E-state index in [1.807, 2.05) is 30.3 Å². The summed E-state index contributed by atoms with van der Waals surface area (Å²) in [4.78, 5) is 12.9. The molecule has 0 radical (unpaired) electrons. The van der Waals surface area contributed by atoms with E-state index in [2.05, 4.69) is 5.10 Å². The summed E-state index contributed by atoms with van der Waals surface area (Å²) >= 11 is 0. The summed E-state index contributed by atoms with van der Waals surface area (Å²) in [5, 5.41) is 4.15. The van der Waals surface area contributed by atoms with Gasteiger partial charge in [-0.1, -0.05) is 30.3 Å². The Morgan fingerprint density at radius 2 is 1.62 bits per heavy atom. The average molecular weight is 353 g/mol. The van der Waals surface area contributed by atoms with E-state index in [4.69, 9.17) is 19.9 Å². The first-order valence-electron chi connectivity index (χ1n) is 7.84. The molecule has 0 fully saturated rings. The highest BCUT2D eigenvalue weighted by atomic mass is 16.5. The molecule has 0 unspecified atom stereocenters. The molecule has 2 aromatic carbocycles. The summed E-state index contributed by atoms with van der Waals surface area (Å²) in [5.41, 5.74) is 7.90. The molecule has 7 heteroatoms. The van der Waals surface area contributed by atoms with Gasteiger partial charge < -0.3 is 19.9 Å². The zero-order valence-corrected chi connectivity index (χ0v) is 14.7. The molecule has 2 N–H and O–H groups in total. The molecule has 0 saturated carbocycles. The number of rotatable bonds is 5. The number of carbonyl (C=O) groups is 1. The first-order chi connectivity index (χ1) is 12.6. The minimum absolute atomic E-state index is 0.275. The predicted octanol–water partition coefficient (Wildman–Crippen LogP) is 2.85. The minimum atomic E-state index is -0.363. The van der Waals surface area contributed by atoms with Crippen LogP contribution in [0.5, 0.6) is 17.2 Å². The Balaban J connectivity index is 2.03. The number of carbonyl (C=O) groups excluding carboxylic acids is 1. The van der Waals surface area contributed by atoms with Crippen LogP contribution in [-0.2, 0) is 0 Å². The zero-order valence-electron chi connectivity index (χ0n) is 14.7. The maximum atomic E-state index is 12.9. The summed E-state index contributed by atoms with van der Waals surface area (Å²) in [6.45, 7) is 0. The second kappa shape index (κ2) is 7.18. The Labute approximate surface area is 150 Å². The van der Waals surface area contributed by atoms with Crippen molar-refractivity contribution < 1.29 is 19.0 Å². The van der Waals surface area contributed by atoms with Gasteiger partial charge in [-0.25, -0.2) is 4.68 Å². The summed E-state index contributed by atoms with van der Waals surface area (Å²) in [7, 11) is 4.48. The molecule has 0 saturated heterocycles. The van der Waals surface area contributed by atoms with Crippen LogP contribution >= 0.6 is 0 Å². The zero-order chi connectivity index (χ0) is 18.7. The molecule has 1 heterocycles. The smallest absolute Gasteiger partial charge is 0.278 e. The van der Waals surface area contributed by atoms with Gasteiger partial charge in [0, 0.05) is 17.3 Å². The van der Waals surface area contributed by atoms with E-state index in [1.54, 1.807) is 18.3 Å². The van der Waals surface area contributed by atoms with Gasteiger partial charge in [-0.2, -0.15) is 0 Å². The largest absolute Gasteiger partial charge is 0.493 e. The summed E-state index contributed by atoms with van der Waals surface area (Å²) in [6.07, 6.45) is 1.61. The number of anilines is 1. The molecule has 0 aliphatic carbocycles. The summed E-state index contributed by atoms with van der Waals surface area (Å²) in [6, 6.07) is 12.7. The third-order valence-corrected chi connectivity index (χ3v) is 3.95. The van der Waals surface area contributed by atoms with E-state index in [0.29, 0.717) is 28.4 Å². The van der Waals surface area contributed by atoms with Crippen LogP contribution in [0.4, 0.5) is 5.82 Å². The van der Waals surface area contributed by atoms with E-state index in [0.717, 1.165) is 5.56 Å². The van der Waals surface area contributed by atoms with Gasteiger partial charge in [-0.3, -0.25) is 4.79 Å². The number of nitrogens with two attached hydrogens (primary N) is 1. The fourth-order valence-corrected chi connectivity index (χ4v) is 2.67. The van der Waals surface area contributed by atoms with Crippen LogP contribution in [0.2, 0.25) is 0 Å². The molecule has 26 heavy (non-hydrogen) atoms. The Bertz CT molecular complexity index is 910. The van der Waals surface area contributed by atoms with Gasteiger partial charge in [0.2, 0.25) is 5.75 Å². The quantitative estimate of drug-likeness (QED) is 0.759. The van der Waals surface area contributed by atoms with Crippen molar-refractivity contribution in [2.24, 2.45) is 0 Å². The highest BCUT2D eigenvalue weighted by Gasteiger charge is 2.20. The SMILES string of the molecule is COc1cc(C(=O)n2cc(-c3ccccc3)c(N)n2)cc(OC)c1OC. The minimum Gasteiger partial charge on any atom is -0.493 e. The van der Waals surface area contributed by atoms with Crippen molar-refractivity contribution in [1.29, 1.82) is 0 Å². The first kappa shape index (κ1) is 17.3. The Morgan fingerprint density at radius 3 is 2.15 bits per heavy atom. The summed E-state index contributed by atoms with van der Waals surface area (Å²) < 4.78 is 17.1. The van der Waals surface area contributed by atoms with Crippen molar-refractivity contribution in [3.05, 3.63) is 54.2 Å². The second-order valence-electron chi connectivity index (χ2n) is 5.46. The van der Waals surface area contributed by atoms with E-state index in [1.165, 1.54) is 26.0 Å². The van der Waals surface area contributed by atoms with Crippen molar-refractivity contribution in [3.8, 4) is 28.4 Å². The van der Waals surface area contributed by atoms with Crippen molar-refractivity contribution in [1.82, 2.24) is 9.78 Å². The number of methoxy groups -OCH3 is 3. The number of hydrogen-bond donors (Lipinski definition) is 1. The average Bonchev–Trinajstić information content (AvgIpc) is 3.08. The van der Waals surface area contributed by atoms with Gasteiger partial charge in [0.05, 0.1) is 21.3 Å².